The second kappa shape index (κ2) is 5.83. The van der Waals surface area contributed by atoms with E-state index in [0.717, 1.165) is 13.1 Å². The van der Waals surface area contributed by atoms with Crippen LogP contribution >= 0.6 is 0 Å². The molecule has 0 aromatic rings. The van der Waals surface area contributed by atoms with Gasteiger partial charge in [-0.2, -0.15) is 0 Å². The van der Waals surface area contributed by atoms with Gasteiger partial charge >= 0.3 is 0 Å². The molecule has 2 atom stereocenters. The normalized spacial score (nSPS) is 27.9. The van der Waals surface area contributed by atoms with Crippen LogP contribution in [0.5, 0.6) is 0 Å². The lowest BCUT2D eigenvalue weighted by Crippen LogP contribution is -2.53. The minimum Gasteiger partial charge on any atom is -0.368 e. The molecule has 3 N–H and O–H groups in total. The molecule has 1 aliphatic heterocycles. The zero-order valence-electron chi connectivity index (χ0n) is 10.8. The lowest BCUT2D eigenvalue weighted by Gasteiger charge is -2.37. The fraction of sp³-hybridized carbons (Fsp3) is 0.923. The van der Waals surface area contributed by atoms with E-state index in [1.165, 1.54) is 38.5 Å². The Bertz CT molecular complexity index is 265. The molecule has 0 bridgehead atoms. The van der Waals surface area contributed by atoms with Crippen molar-refractivity contribution in [3.8, 4) is 0 Å². The molecule has 1 heterocycles. The highest BCUT2D eigenvalue weighted by Crippen LogP contribution is 2.22. The summed E-state index contributed by atoms with van der Waals surface area (Å²) < 4.78 is 0. The van der Waals surface area contributed by atoms with Crippen molar-refractivity contribution >= 4 is 5.91 Å². The quantitative estimate of drug-likeness (QED) is 0.722. The molecule has 2 unspecified atom stereocenters. The molecule has 1 saturated carbocycles. The number of piperidine rings is 1. The number of nitrogens with zero attached hydrogens (tertiary/aromatic N) is 1. The van der Waals surface area contributed by atoms with Crippen molar-refractivity contribution in [1.29, 1.82) is 0 Å². The first-order valence-electron chi connectivity index (χ1n) is 7.00. The van der Waals surface area contributed by atoms with E-state index in [1.54, 1.807) is 0 Å². The Morgan fingerprint density at radius 3 is 2.76 bits per heavy atom. The molecule has 0 aromatic carbocycles. The molecular weight excluding hydrogens is 214 g/mol. The number of primary amides is 1. The van der Waals surface area contributed by atoms with Gasteiger partial charge in [-0.25, -0.2) is 0 Å². The molecule has 1 saturated heterocycles. The Morgan fingerprint density at radius 2 is 2.18 bits per heavy atom. The summed E-state index contributed by atoms with van der Waals surface area (Å²) in [7, 11) is 0. The third-order valence-corrected chi connectivity index (χ3v) is 4.00. The number of rotatable bonds is 6. The first-order valence-corrected chi connectivity index (χ1v) is 7.00. The van der Waals surface area contributed by atoms with Gasteiger partial charge in [0, 0.05) is 18.6 Å². The summed E-state index contributed by atoms with van der Waals surface area (Å²) in [6, 6.07) is 1.03. The van der Waals surface area contributed by atoms with Crippen molar-refractivity contribution in [3.63, 3.8) is 0 Å². The van der Waals surface area contributed by atoms with Gasteiger partial charge in [0.15, 0.2) is 0 Å². The Labute approximate surface area is 104 Å². The Morgan fingerprint density at radius 1 is 1.41 bits per heavy atom. The summed E-state index contributed by atoms with van der Waals surface area (Å²) >= 11 is 0. The van der Waals surface area contributed by atoms with E-state index < -0.39 is 0 Å². The monoisotopic (exact) mass is 239 g/mol. The molecule has 4 heteroatoms. The number of nitrogens with one attached hydrogen (secondary N) is 1. The van der Waals surface area contributed by atoms with Crippen molar-refractivity contribution in [3.05, 3.63) is 0 Å². The van der Waals surface area contributed by atoms with Crippen LogP contribution in [0.2, 0.25) is 0 Å². The molecule has 1 aliphatic carbocycles. The number of amides is 1. The van der Waals surface area contributed by atoms with Crippen LogP contribution < -0.4 is 11.1 Å². The summed E-state index contributed by atoms with van der Waals surface area (Å²) in [6.45, 7) is 4.15. The second-order valence-electron chi connectivity index (χ2n) is 5.45. The predicted molar refractivity (Wildman–Crippen MR) is 68.6 cm³/mol. The van der Waals surface area contributed by atoms with Gasteiger partial charge < -0.3 is 11.1 Å². The van der Waals surface area contributed by atoms with E-state index >= 15 is 0 Å². The zero-order chi connectivity index (χ0) is 12.3. The van der Waals surface area contributed by atoms with Crippen LogP contribution in [0.15, 0.2) is 0 Å². The number of hydrogen-bond donors (Lipinski definition) is 2. The smallest absolute Gasteiger partial charge is 0.235 e. The number of hydrogen-bond acceptors (Lipinski definition) is 3. The van der Waals surface area contributed by atoms with Crippen LogP contribution in [0, 0.1) is 0 Å². The largest absolute Gasteiger partial charge is 0.368 e. The summed E-state index contributed by atoms with van der Waals surface area (Å²) in [5.74, 6) is -0.197. The fourth-order valence-electron chi connectivity index (χ4n) is 2.76. The SMILES string of the molecule is CCC1CCCCN1CC(NC1CC1)C(N)=O. The van der Waals surface area contributed by atoms with Crippen LogP contribution in [-0.4, -0.2) is 42.0 Å². The van der Waals surface area contributed by atoms with Gasteiger partial charge in [0.1, 0.15) is 0 Å². The minimum absolute atomic E-state index is 0.158. The second-order valence-corrected chi connectivity index (χ2v) is 5.45. The zero-order valence-corrected chi connectivity index (χ0v) is 10.8. The van der Waals surface area contributed by atoms with E-state index in [9.17, 15) is 4.79 Å². The van der Waals surface area contributed by atoms with Crippen molar-refractivity contribution in [2.24, 2.45) is 5.73 Å². The predicted octanol–water partition coefficient (Wildman–Crippen LogP) is 0.857. The third-order valence-electron chi connectivity index (χ3n) is 4.00. The van der Waals surface area contributed by atoms with Crippen molar-refractivity contribution in [2.45, 2.75) is 63.6 Å². The van der Waals surface area contributed by atoms with Crippen molar-refractivity contribution in [2.75, 3.05) is 13.1 Å². The number of carbonyl (C=O) groups excluding carboxylic acids is 1. The maximum Gasteiger partial charge on any atom is 0.235 e. The van der Waals surface area contributed by atoms with Gasteiger partial charge in [0.25, 0.3) is 0 Å². The average Bonchev–Trinajstić information content (AvgIpc) is 3.12. The van der Waals surface area contributed by atoms with Crippen LogP contribution in [0.1, 0.15) is 45.4 Å². The van der Waals surface area contributed by atoms with Crippen molar-refractivity contribution < 1.29 is 4.79 Å². The maximum absolute atomic E-state index is 11.5. The molecule has 1 amide bonds. The minimum atomic E-state index is -0.197. The third kappa shape index (κ3) is 3.68. The average molecular weight is 239 g/mol. The highest BCUT2D eigenvalue weighted by Gasteiger charge is 2.30. The molecule has 17 heavy (non-hydrogen) atoms. The van der Waals surface area contributed by atoms with Gasteiger partial charge in [0.05, 0.1) is 6.04 Å². The molecular formula is C13H25N3O. The number of nitrogens with two attached hydrogens (primary N) is 1. The molecule has 98 valence electrons. The highest BCUT2D eigenvalue weighted by atomic mass is 16.1. The van der Waals surface area contributed by atoms with Gasteiger partial charge in [-0.3, -0.25) is 9.69 Å². The van der Waals surface area contributed by atoms with E-state index in [4.69, 9.17) is 5.73 Å². The molecule has 2 fully saturated rings. The molecule has 0 aromatic heterocycles. The van der Waals surface area contributed by atoms with Gasteiger partial charge in [-0.05, 0) is 38.6 Å². The maximum atomic E-state index is 11.5. The Kier molecular flexibility index (Phi) is 4.40. The van der Waals surface area contributed by atoms with E-state index in [0.29, 0.717) is 12.1 Å². The summed E-state index contributed by atoms with van der Waals surface area (Å²) in [5, 5.41) is 3.37. The van der Waals surface area contributed by atoms with Gasteiger partial charge in [-0.1, -0.05) is 13.3 Å². The molecule has 2 aliphatic rings. The van der Waals surface area contributed by atoms with Crippen LogP contribution in [0.3, 0.4) is 0 Å². The molecule has 0 radical (unpaired) electrons. The van der Waals surface area contributed by atoms with Crippen LogP contribution in [-0.2, 0) is 4.79 Å². The molecule has 4 nitrogen and oxygen atoms in total. The first kappa shape index (κ1) is 12.8. The lowest BCUT2D eigenvalue weighted by molar-refractivity contribution is -0.120. The van der Waals surface area contributed by atoms with E-state index in [-0.39, 0.29) is 11.9 Å². The van der Waals surface area contributed by atoms with E-state index in [1.807, 2.05) is 0 Å². The van der Waals surface area contributed by atoms with Crippen LogP contribution in [0.4, 0.5) is 0 Å². The summed E-state index contributed by atoms with van der Waals surface area (Å²) in [4.78, 5) is 13.9. The van der Waals surface area contributed by atoms with Crippen LogP contribution in [0.25, 0.3) is 0 Å². The number of likely N-dealkylation sites (tertiary alicyclic amines) is 1. The topological polar surface area (TPSA) is 58.4 Å². The fourth-order valence-corrected chi connectivity index (χ4v) is 2.76. The van der Waals surface area contributed by atoms with Gasteiger partial charge in [0.2, 0.25) is 5.91 Å². The van der Waals surface area contributed by atoms with E-state index in [2.05, 4.69) is 17.1 Å². The summed E-state index contributed by atoms with van der Waals surface area (Å²) in [6.07, 6.45) is 7.42. The summed E-state index contributed by atoms with van der Waals surface area (Å²) in [5.41, 5.74) is 5.49. The molecule has 0 spiro atoms. The molecule has 2 rings (SSSR count). The standard InChI is InChI=1S/C13H25N3O/c1-2-11-5-3-4-8-16(11)9-12(13(14)17)15-10-6-7-10/h10-12,15H,2-9H2,1H3,(H2,14,17). The Balaban J connectivity index is 1.87. The van der Waals surface area contributed by atoms with Gasteiger partial charge in [-0.15, -0.1) is 0 Å². The Hall–Kier alpha value is -0.610. The van der Waals surface area contributed by atoms with Crippen molar-refractivity contribution in [1.82, 2.24) is 10.2 Å². The first-order chi connectivity index (χ1) is 8.20. The highest BCUT2D eigenvalue weighted by molar-refractivity contribution is 5.80. The number of carbonyl (C=O) groups is 1. The lowest BCUT2D eigenvalue weighted by atomic mass is 9.99.